The van der Waals surface area contributed by atoms with Crippen molar-refractivity contribution in [3.05, 3.63) is 23.8 Å². The van der Waals surface area contributed by atoms with Crippen molar-refractivity contribution in [2.75, 3.05) is 25.1 Å². The molecular weight excluding hydrogens is 262 g/mol. The van der Waals surface area contributed by atoms with Gasteiger partial charge in [0.05, 0.1) is 12.3 Å². The molecule has 1 aromatic rings. The zero-order valence-corrected chi connectivity index (χ0v) is 13.4. The van der Waals surface area contributed by atoms with E-state index in [1.54, 1.807) is 0 Å². The van der Waals surface area contributed by atoms with E-state index in [0.717, 1.165) is 37.4 Å². The van der Waals surface area contributed by atoms with Crippen molar-refractivity contribution < 1.29 is 9.84 Å². The van der Waals surface area contributed by atoms with Gasteiger partial charge in [0, 0.05) is 13.2 Å². The summed E-state index contributed by atoms with van der Waals surface area (Å²) in [4.78, 5) is 0. The fourth-order valence-corrected chi connectivity index (χ4v) is 3.15. The summed E-state index contributed by atoms with van der Waals surface area (Å²) in [7, 11) is 0. The predicted octanol–water partition coefficient (Wildman–Crippen LogP) is 3.99. The van der Waals surface area contributed by atoms with Gasteiger partial charge in [0.2, 0.25) is 0 Å². The number of anilines is 1. The SMILES string of the molecule is CCCOc1ccc(C)cc1NCC1CCCCC1CO. The summed E-state index contributed by atoms with van der Waals surface area (Å²) >= 11 is 0. The first-order chi connectivity index (χ1) is 10.2. The normalized spacial score (nSPS) is 22.0. The third-order valence-electron chi connectivity index (χ3n) is 4.45. The molecule has 0 amide bonds. The van der Waals surface area contributed by atoms with Crippen LogP contribution in [0.1, 0.15) is 44.6 Å². The van der Waals surface area contributed by atoms with Crippen molar-refractivity contribution in [3.63, 3.8) is 0 Å². The summed E-state index contributed by atoms with van der Waals surface area (Å²) < 4.78 is 5.82. The largest absolute Gasteiger partial charge is 0.491 e. The molecule has 0 aromatic heterocycles. The molecule has 118 valence electrons. The third-order valence-corrected chi connectivity index (χ3v) is 4.45. The minimum absolute atomic E-state index is 0.319. The Bertz CT molecular complexity index is 433. The molecule has 1 fully saturated rings. The monoisotopic (exact) mass is 291 g/mol. The fraction of sp³-hybridized carbons (Fsp3) is 0.667. The molecule has 0 bridgehead atoms. The maximum Gasteiger partial charge on any atom is 0.142 e. The highest BCUT2D eigenvalue weighted by Gasteiger charge is 2.24. The first-order valence-corrected chi connectivity index (χ1v) is 8.32. The maximum atomic E-state index is 9.52. The number of hydrogen-bond donors (Lipinski definition) is 2. The number of hydrogen-bond acceptors (Lipinski definition) is 3. The van der Waals surface area contributed by atoms with Crippen LogP contribution in [0.15, 0.2) is 18.2 Å². The van der Waals surface area contributed by atoms with Crippen LogP contribution in [-0.2, 0) is 0 Å². The lowest BCUT2D eigenvalue weighted by Gasteiger charge is -2.30. The van der Waals surface area contributed by atoms with Crippen molar-refractivity contribution in [2.45, 2.75) is 46.0 Å². The maximum absolute atomic E-state index is 9.52. The van der Waals surface area contributed by atoms with Gasteiger partial charge >= 0.3 is 0 Å². The molecule has 21 heavy (non-hydrogen) atoms. The van der Waals surface area contributed by atoms with Crippen molar-refractivity contribution in [3.8, 4) is 5.75 Å². The van der Waals surface area contributed by atoms with Crippen LogP contribution in [0.4, 0.5) is 5.69 Å². The first kappa shape index (κ1) is 16.2. The molecule has 0 spiro atoms. The van der Waals surface area contributed by atoms with Gasteiger partial charge in [-0.3, -0.25) is 0 Å². The first-order valence-electron chi connectivity index (χ1n) is 8.32. The van der Waals surface area contributed by atoms with E-state index in [1.807, 2.05) is 0 Å². The number of nitrogens with one attached hydrogen (secondary N) is 1. The summed E-state index contributed by atoms with van der Waals surface area (Å²) in [6.45, 7) is 6.22. The molecule has 3 nitrogen and oxygen atoms in total. The predicted molar refractivity (Wildman–Crippen MR) is 88.0 cm³/mol. The lowest BCUT2D eigenvalue weighted by Crippen LogP contribution is -2.28. The van der Waals surface area contributed by atoms with Crippen LogP contribution in [0.2, 0.25) is 0 Å². The van der Waals surface area contributed by atoms with Gasteiger partial charge in [0.25, 0.3) is 0 Å². The Hall–Kier alpha value is -1.22. The van der Waals surface area contributed by atoms with Gasteiger partial charge in [0.15, 0.2) is 0 Å². The summed E-state index contributed by atoms with van der Waals surface area (Å²) in [6, 6.07) is 6.30. The van der Waals surface area contributed by atoms with Crippen LogP contribution in [0.25, 0.3) is 0 Å². The zero-order valence-electron chi connectivity index (χ0n) is 13.4. The van der Waals surface area contributed by atoms with Crippen LogP contribution in [0.3, 0.4) is 0 Å². The van der Waals surface area contributed by atoms with E-state index in [9.17, 15) is 5.11 Å². The number of rotatable bonds is 7. The summed E-state index contributed by atoms with van der Waals surface area (Å²) in [5.41, 5.74) is 2.33. The van der Waals surface area contributed by atoms with Gasteiger partial charge in [-0.1, -0.05) is 25.8 Å². The molecule has 1 aromatic carbocycles. The smallest absolute Gasteiger partial charge is 0.142 e. The molecule has 2 N–H and O–H groups in total. The minimum atomic E-state index is 0.319. The molecule has 0 heterocycles. The molecule has 1 aliphatic carbocycles. The van der Waals surface area contributed by atoms with Crippen molar-refractivity contribution in [1.29, 1.82) is 0 Å². The Morgan fingerprint density at radius 2 is 2.00 bits per heavy atom. The van der Waals surface area contributed by atoms with Gasteiger partial charge in [0.1, 0.15) is 5.75 Å². The average Bonchev–Trinajstić information content (AvgIpc) is 2.52. The van der Waals surface area contributed by atoms with Crippen molar-refractivity contribution >= 4 is 5.69 Å². The fourth-order valence-electron chi connectivity index (χ4n) is 3.15. The average molecular weight is 291 g/mol. The Labute approximate surface area is 128 Å². The summed E-state index contributed by atoms with van der Waals surface area (Å²) in [5, 5.41) is 13.1. The molecule has 0 saturated heterocycles. The van der Waals surface area contributed by atoms with Crippen molar-refractivity contribution in [2.24, 2.45) is 11.8 Å². The number of ether oxygens (including phenoxy) is 1. The van der Waals surface area contributed by atoms with E-state index < -0.39 is 0 Å². The van der Waals surface area contributed by atoms with Gasteiger partial charge in [-0.25, -0.2) is 0 Å². The van der Waals surface area contributed by atoms with Crippen LogP contribution in [0, 0.1) is 18.8 Å². The van der Waals surface area contributed by atoms with Crippen LogP contribution >= 0.6 is 0 Å². The van der Waals surface area contributed by atoms with E-state index >= 15 is 0 Å². The second kappa shape index (κ2) is 8.28. The standard InChI is InChI=1S/C18H29NO2/c1-3-10-21-18-9-8-14(2)11-17(18)19-12-15-6-4-5-7-16(15)13-20/h8-9,11,15-16,19-20H,3-7,10,12-13H2,1-2H3. The van der Waals surface area contributed by atoms with Crippen LogP contribution in [-0.4, -0.2) is 24.9 Å². The molecule has 3 heteroatoms. The van der Waals surface area contributed by atoms with Gasteiger partial charge in [-0.15, -0.1) is 0 Å². The summed E-state index contributed by atoms with van der Waals surface area (Å²) in [6.07, 6.45) is 5.94. The highest BCUT2D eigenvalue weighted by Crippen LogP contribution is 2.31. The van der Waals surface area contributed by atoms with E-state index in [4.69, 9.17) is 4.74 Å². The molecular formula is C18H29NO2. The van der Waals surface area contributed by atoms with Gasteiger partial charge in [-0.2, -0.15) is 0 Å². The van der Waals surface area contributed by atoms with E-state index in [-0.39, 0.29) is 0 Å². The van der Waals surface area contributed by atoms with Crippen LogP contribution < -0.4 is 10.1 Å². The molecule has 0 radical (unpaired) electrons. The lowest BCUT2D eigenvalue weighted by atomic mass is 9.79. The number of aliphatic hydroxyl groups is 1. The Morgan fingerprint density at radius 3 is 2.71 bits per heavy atom. The van der Waals surface area contributed by atoms with E-state index in [0.29, 0.717) is 18.4 Å². The molecule has 2 rings (SSSR count). The van der Waals surface area contributed by atoms with Crippen molar-refractivity contribution in [1.82, 2.24) is 0 Å². The molecule has 2 unspecified atom stereocenters. The van der Waals surface area contributed by atoms with E-state index in [1.165, 1.54) is 24.8 Å². The molecule has 0 aliphatic heterocycles. The third kappa shape index (κ3) is 4.63. The summed E-state index contributed by atoms with van der Waals surface area (Å²) in [5.74, 6) is 1.97. The Kier molecular flexibility index (Phi) is 6.37. The van der Waals surface area contributed by atoms with Gasteiger partial charge < -0.3 is 15.2 Å². The molecule has 1 aliphatic rings. The number of benzene rings is 1. The van der Waals surface area contributed by atoms with E-state index in [2.05, 4.69) is 37.4 Å². The Morgan fingerprint density at radius 1 is 1.24 bits per heavy atom. The Balaban J connectivity index is 1.99. The van der Waals surface area contributed by atoms with Gasteiger partial charge in [-0.05, 0) is 55.7 Å². The highest BCUT2D eigenvalue weighted by molar-refractivity contribution is 5.58. The topological polar surface area (TPSA) is 41.5 Å². The second-order valence-corrected chi connectivity index (χ2v) is 6.22. The zero-order chi connectivity index (χ0) is 15.1. The quantitative estimate of drug-likeness (QED) is 0.798. The number of aryl methyl sites for hydroxylation is 1. The number of aliphatic hydroxyl groups excluding tert-OH is 1. The second-order valence-electron chi connectivity index (χ2n) is 6.22. The molecule has 1 saturated carbocycles. The lowest BCUT2D eigenvalue weighted by molar-refractivity contribution is 0.141. The van der Waals surface area contributed by atoms with Crippen LogP contribution in [0.5, 0.6) is 5.75 Å². The minimum Gasteiger partial charge on any atom is -0.491 e. The highest BCUT2D eigenvalue weighted by atomic mass is 16.5. The molecule has 2 atom stereocenters.